The zero-order valence-electron chi connectivity index (χ0n) is 18.1. The molecule has 1 aliphatic rings. The topological polar surface area (TPSA) is 93.1 Å². The van der Waals surface area contributed by atoms with Crippen LogP contribution in [-0.2, 0) is 16.2 Å². The first-order valence-electron chi connectivity index (χ1n) is 10.4. The minimum Gasteiger partial charge on any atom is -0.490 e. The molecule has 1 aliphatic heterocycles. The van der Waals surface area contributed by atoms with Crippen molar-refractivity contribution in [2.75, 3.05) is 13.2 Å². The van der Waals surface area contributed by atoms with Gasteiger partial charge in [-0.2, -0.15) is 0 Å². The zero-order valence-corrected chi connectivity index (χ0v) is 21.1. The summed E-state index contributed by atoms with van der Waals surface area (Å²) in [6.45, 7) is 1.97. The highest BCUT2D eigenvalue weighted by atomic mass is 127. The van der Waals surface area contributed by atoms with Crippen LogP contribution in [0.25, 0.3) is 16.8 Å². The third-order valence-electron chi connectivity index (χ3n) is 5.05. The van der Waals surface area contributed by atoms with Crippen molar-refractivity contribution in [2.45, 2.75) is 13.5 Å². The number of hydrogen-bond acceptors (Lipinski definition) is 6. The first kappa shape index (κ1) is 24.1. The lowest BCUT2D eigenvalue weighted by molar-refractivity contribution is -0.140. The number of carbonyl (C=O) groups excluding carboxylic acids is 2. The first-order chi connectivity index (χ1) is 16.4. The van der Waals surface area contributed by atoms with E-state index in [0.717, 1.165) is 36.6 Å². The van der Waals surface area contributed by atoms with Crippen LogP contribution in [-0.4, -0.2) is 40.3 Å². The SMILES string of the molecule is CCOc1cc(/C=C2/SC(=O)N(CC(=O)O)C2=O)cc(I)c1OCc1cccc2ccccc12. The van der Waals surface area contributed by atoms with Gasteiger partial charge in [-0.25, -0.2) is 0 Å². The maximum atomic E-state index is 12.5. The van der Waals surface area contributed by atoms with Gasteiger partial charge in [-0.15, -0.1) is 0 Å². The molecule has 1 fully saturated rings. The monoisotopic (exact) mass is 589 g/mol. The molecule has 0 aromatic heterocycles. The van der Waals surface area contributed by atoms with Gasteiger partial charge in [-0.1, -0.05) is 42.5 Å². The standard InChI is InChI=1S/C25H20INO6S/c1-2-32-20-11-15(12-21-24(30)27(13-22(28)29)25(31)34-21)10-19(26)23(20)33-14-17-8-5-7-16-6-3-4-9-18(16)17/h3-12H,2,13-14H2,1H3,(H,28,29)/b21-12+. The lowest BCUT2D eigenvalue weighted by atomic mass is 10.1. The number of halogens is 1. The van der Waals surface area contributed by atoms with Crippen LogP contribution >= 0.6 is 34.4 Å². The van der Waals surface area contributed by atoms with Gasteiger partial charge in [0, 0.05) is 0 Å². The Morgan fingerprint density at radius 2 is 1.88 bits per heavy atom. The first-order valence-corrected chi connectivity index (χ1v) is 12.3. The van der Waals surface area contributed by atoms with Crippen molar-refractivity contribution in [3.8, 4) is 11.5 Å². The second kappa shape index (κ2) is 10.5. The van der Waals surface area contributed by atoms with E-state index in [0.29, 0.717) is 30.3 Å². The van der Waals surface area contributed by atoms with E-state index >= 15 is 0 Å². The largest absolute Gasteiger partial charge is 0.490 e. The molecule has 0 bridgehead atoms. The van der Waals surface area contributed by atoms with Gasteiger partial charge in [0.1, 0.15) is 13.2 Å². The number of fused-ring (bicyclic) bond motifs is 1. The van der Waals surface area contributed by atoms with Gasteiger partial charge in [0.15, 0.2) is 11.5 Å². The van der Waals surface area contributed by atoms with Crippen molar-refractivity contribution < 1.29 is 29.0 Å². The quantitative estimate of drug-likeness (QED) is 0.272. The summed E-state index contributed by atoms with van der Waals surface area (Å²) in [5.41, 5.74) is 1.69. The molecule has 0 radical (unpaired) electrons. The number of carbonyl (C=O) groups is 3. The van der Waals surface area contributed by atoms with E-state index in [1.165, 1.54) is 0 Å². The summed E-state index contributed by atoms with van der Waals surface area (Å²) in [5, 5.41) is 10.6. The van der Waals surface area contributed by atoms with Crippen molar-refractivity contribution in [1.29, 1.82) is 0 Å². The third kappa shape index (κ3) is 5.20. The molecule has 0 atom stereocenters. The number of hydrogen-bond donors (Lipinski definition) is 1. The smallest absolute Gasteiger partial charge is 0.323 e. The van der Waals surface area contributed by atoms with Crippen molar-refractivity contribution in [3.63, 3.8) is 0 Å². The van der Waals surface area contributed by atoms with Gasteiger partial charge in [0.05, 0.1) is 15.1 Å². The van der Waals surface area contributed by atoms with E-state index in [2.05, 4.69) is 40.8 Å². The Hall–Kier alpha value is -3.05. The zero-order chi connectivity index (χ0) is 24.2. The van der Waals surface area contributed by atoms with Crippen molar-refractivity contribution in [2.24, 2.45) is 0 Å². The van der Waals surface area contributed by atoms with Gasteiger partial charge in [0.2, 0.25) is 0 Å². The molecule has 0 spiro atoms. The van der Waals surface area contributed by atoms with E-state index in [4.69, 9.17) is 14.6 Å². The summed E-state index contributed by atoms with van der Waals surface area (Å²) in [6, 6.07) is 17.8. The maximum Gasteiger partial charge on any atom is 0.323 e. The number of imide groups is 1. The van der Waals surface area contributed by atoms with E-state index < -0.39 is 23.7 Å². The van der Waals surface area contributed by atoms with Gasteiger partial charge in [0.25, 0.3) is 11.1 Å². The predicted octanol–water partition coefficient (Wildman–Crippen LogP) is 5.54. The Balaban J connectivity index is 1.61. The molecule has 7 nitrogen and oxygen atoms in total. The molecule has 0 saturated carbocycles. The lowest BCUT2D eigenvalue weighted by Crippen LogP contribution is -2.33. The molecule has 9 heteroatoms. The number of carboxylic acids is 1. The summed E-state index contributed by atoms with van der Waals surface area (Å²) in [5.74, 6) is -0.761. The summed E-state index contributed by atoms with van der Waals surface area (Å²) in [4.78, 5) is 36.3. The molecule has 1 saturated heterocycles. The van der Waals surface area contributed by atoms with Crippen LogP contribution in [0.1, 0.15) is 18.1 Å². The van der Waals surface area contributed by atoms with E-state index in [1.807, 2.05) is 37.3 Å². The third-order valence-corrected chi connectivity index (χ3v) is 6.76. The Morgan fingerprint density at radius 3 is 2.65 bits per heavy atom. The Labute approximate surface area is 213 Å². The molecule has 3 aromatic rings. The normalized spacial score (nSPS) is 14.8. The van der Waals surface area contributed by atoms with E-state index in [1.54, 1.807) is 12.1 Å². The highest BCUT2D eigenvalue weighted by molar-refractivity contribution is 14.1. The molecule has 4 rings (SSSR count). The second-order valence-electron chi connectivity index (χ2n) is 7.35. The number of amides is 2. The molecule has 174 valence electrons. The molecule has 2 amide bonds. The Kier molecular flexibility index (Phi) is 7.42. The highest BCUT2D eigenvalue weighted by Crippen LogP contribution is 2.38. The number of ether oxygens (including phenoxy) is 2. The fraction of sp³-hybridized carbons (Fsp3) is 0.160. The molecule has 34 heavy (non-hydrogen) atoms. The molecule has 0 aliphatic carbocycles. The number of thioether (sulfide) groups is 1. The van der Waals surface area contributed by atoms with Crippen molar-refractivity contribution in [1.82, 2.24) is 4.90 Å². The molecule has 0 unspecified atom stereocenters. The number of benzene rings is 3. The summed E-state index contributed by atoms with van der Waals surface area (Å²) < 4.78 is 12.8. The molecule has 1 N–H and O–H groups in total. The minimum absolute atomic E-state index is 0.161. The van der Waals surface area contributed by atoms with Crippen LogP contribution in [0.3, 0.4) is 0 Å². The summed E-state index contributed by atoms with van der Waals surface area (Å²) in [6.07, 6.45) is 1.56. The van der Waals surface area contributed by atoms with Crippen LogP contribution in [0, 0.1) is 3.57 Å². The number of aliphatic carboxylic acids is 1. The van der Waals surface area contributed by atoms with E-state index in [-0.39, 0.29) is 4.91 Å². The highest BCUT2D eigenvalue weighted by Gasteiger charge is 2.36. The lowest BCUT2D eigenvalue weighted by Gasteiger charge is -2.16. The Bertz CT molecular complexity index is 1320. The van der Waals surface area contributed by atoms with Gasteiger partial charge < -0.3 is 14.6 Å². The van der Waals surface area contributed by atoms with Crippen LogP contribution in [0.4, 0.5) is 4.79 Å². The average Bonchev–Trinajstić information content (AvgIpc) is 3.05. The van der Waals surface area contributed by atoms with Crippen molar-refractivity contribution >= 4 is 68.3 Å². The number of nitrogens with zero attached hydrogens (tertiary/aromatic N) is 1. The molecular formula is C25H20INO6S. The van der Waals surface area contributed by atoms with E-state index in [9.17, 15) is 14.4 Å². The van der Waals surface area contributed by atoms with Crippen LogP contribution < -0.4 is 9.47 Å². The molecule has 1 heterocycles. The van der Waals surface area contributed by atoms with Crippen LogP contribution in [0.5, 0.6) is 11.5 Å². The van der Waals surface area contributed by atoms with Gasteiger partial charge in [-0.05, 0) is 81.4 Å². The van der Waals surface area contributed by atoms with Gasteiger partial charge in [-0.3, -0.25) is 19.3 Å². The minimum atomic E-state index is -1.25. The van der Waals surface area contributed by atoms with Crippen LogP contribution in [0.2, 0.25) is 0 Å². The fourth-order valence-corrected chi connectivity index (χ4v) is 5.18. The Morgan fingerprint density at radius 1 is 1.12 bits per heavy atom. The maximum absolute atomic E-state index is 12.5. The molecular weight excluding hydrogens is 569 g/mol. The summed E-state index contributed by atoms with van der Waals surface area (Å²) in [7, 11) is 0. The summed E-state index contributed by atoms with van der Waals surface area (Å²) >= 11 is 2.86. The predicted molar refractivity (Wildman–Crippen MR) is 139 cm³/mol. The van der Waals surface area contributed by atoms with Crippen LogP contribution in [0.15, 0.2) is 59.5 Å². The average molecular weight is 589 g/mol. The fourth-order valence-electron chi connectivity index (χ4n) is 3.57. The van der Waals surface area contributed by atoms with Crippen molar-refractivity contribution in [3.05, 3.63) is 74.2 Å². The number of rotatable bonds is 8. The van der Waals surface area contributed by atoms with Gasteiger partial charge >= 0.3 is 5.97 Å². The number of carboxylic acid groups (broad SMARTS) is 1. The second-order valence-corrected chi connectivity index (χ2v) is 9.51. The molecule has 3 aromatic carbocycles.